The monoisotopic (exact) mass is 264 g/mol. The molecule has 0 saturated heterocycles. The van der Waals surface area contributed by atoms with E-state index in [4.69, 9.17) is 0 Å². The topological polar surface area (TPSA) is 69.6 Å². The largest absolute Gasteiger partial charge is 0.508 e. The summed E-state index contributed by atoms with van der Waals surface area (Å²) in [7, 11) is 0. The van der Waals surface area contributed by atoms with Crippen LogP contribution in [0.2, 0.25) is 0 Å². The number of hydrogen-bond donors (Lipinski definition) is 2. The molecule has 0 aliphatic rings. The molecule has 0 unspecified atom stereocenters. The van der Waals surface area contributed by atoms with E-state index in [1.807, 2.05) is 13.8 Å². The lowest BCUT2D eigenvalue weighted by molar-refractivity contribution is -0.135. The number of nitrogens with zero attached hydrogens (tertiary/aromatic N) is 1. The Morgan fingerprint density at radius 2 is 1.84 bits per heavy atom. The minimum absolute atomic E-state index is 0.0846. The Kier molecular flexibility index (Phi) is 5.85. The van der Waals surface area contributed by atoms with E-state index >= 15 is 0 Å². The summed E-state index contributed by atoms with van der Waals surface area (Å²) < 4.78 is 0. The number of hydrogen-bond acceptors (Lipinski definition) is 3. The molecule has 0 heterocycles. The quantitative estimate of drug-likeness (QED) is 0.802. The Morgan fingerprint density at radius 3 is 2.37 bits per heavy atom. The van der Waals surface area contributed by atoms with Gasteiger partial charge in [-0.05, 0) is 31.5 Å². The third kappa shape index (κ3) is 4.99. The zero-order chi connectivity index (χ0) is 14.3. The van der Waals surface area contributed by atoms with E-state index in [2.05, 4.69) is 5.32 Å². The van der Waals surface area contributed by atoms with Gasteiger partial charge in [0.05, 0.1) is 13.0 Å². The van der Waals surface area contributed by atoms with Crippen molar-refractivity contribution < 1.29 is 14.7 Å². The fourth-order valence-corrected chi connectivity index (χ4v) is 1.70. The van der Waals surface area contributed by atoms with E-state index in [-0.39, 0.29) is 30.5 Å². The number of carbonyl (C=O) groups is 2. The lowest BCUT2D eigenvalue weighted by Gasteiger charge is -2.20. The van der Waals surface area contributed by atoms with E-state index < -0.39 is 0 Å². The molecule has 1 aromatic rings. The van der Waals surface area contributed by atoms with Crippen LogP contribution < -0.4 is 5.32 Å². The second-order valence-electron chi connectivity index (χ2n) is 4.20. The molecule has 0 bridgehead atoms. The van der Waals surface area contributed by atoms with E-state index in [0.717, 1.165) is 5.56 Å². The third-order valence-corrected chi connectivity index (χ3v) is 2.73. The number of aromatic hydroxyl groups is 1. The van der Waals surface area contributed by atoms with Gasteiger partial charge in [-0.2, -0.15) is 0 Å². The molecule has 2 N–H and O–H groups in total. The first-order chi connectivity index (χ1) is 9.06. The first-order valence-corrected chi connectivity index (χ1v) is 6.39. The highest BCUT2D eigenvalue weighted by molar-refractivity contribution is 5.85. The van der Waals surface area contributed by atoms with Crippen molar-refractivity contribution >= 4 is 11.8 Å². The second-order valence-corrected chi connectivity index (χ2v) is 4.20. The summed E-state index contributed by atoms with van der Waals surface area (Å²) >= 11 is 0. The Hall–Kier alpha value is -2.04. The minimum atomic E-state index is -0.150. The number of phenols is 1. The van der Waals surface area contributed by atoms with Crippen molar-refractivity contribution in [1.29, 1.82) is 0 Å². The molecule has 0 aliphatic carbocycles. The van der Waals surface area contributed by atoms with Gasteiger partial charge in [0.25, 0.3) is 0 Å². The highest BCUT2D eigenvalue weighted by atomic mass is 16.3. The summed E-state index contributed by atoms with van der Waals surface area (Å²) in [4.78, 5) is 25.0. The van der Waals surface area contributed by atoms with Crippen LogP contribution in [0, 0.1) is 0 Å². The molecular formula is C14H20N2O3. The molecule has 0 radical (unpaired) electrons. The molecule has 0 spiro atoms. The molecule has 5 heteroatoms. The maximum atomic E-state index is 12.1. The Morgan fingerprint density at radius 1 is 1.21 bits per heavy atom. The van der Waals surface area contributed by atoms with Crippen molar-refractivity contribution in [3.8, 4) is 5.75 Å². The van der Waals surface area contributed by atoms with Crippen LogP contribution in [0.3, 0.4) is 0 Å². The molecule has 19 heavy (non-hydrogen) atoms. The number of carbonyl (C=O) groups excluding carboxylic acids is 2. The van der Waals surface area contributed by atoms with Gasteiger partial charge < -0.3 is 15.3 Å². The van der Waals surface area contributed by atoms with E-state index in [1.165, 1.54) is 4.90 Å². The molecule has 0 fully saturated rings. The normalized spacial score (nSPS) is 10.0. The van der Waals surface area contributed by atoms with Crippen molar-refractivity contribution in [3.05, 3.63) is 29.8 Å². The van der Waals surface area contributed by atoms with Crippen LogP contribution in [0.1, 0.15) is 19.4 Å². The summed E-state index contributed by atoms with van der Waals surface area (Å²) in [5.74, 6) is -0.0753. The van der Waals surface area contributed by atoms with E-state index in [9.17, 15) is 14.7 Å². The average molecular weight is 264 g/mol. The molecule has 1 aromatic carbocycles. The molecule has 104 valence electrons. The van der Waals surface area contributed by atoms with Gasteiger partial charge in [0, 0.05) is 13.1 Å². The minimum Gasteiger partial charge on any atom is -0.508 e. The summed E-state index contributed by atoms with van der Waals surface area (Å²) in [5, 5.41) is 11.8. The second kappa shape index (κ2) is 7.41. The van der Waals surface area contributed by atoms with Gasteiger partial charge in [0.15, 0.2) is 0 Å². The van der Waals surface area contributed by atoms with Gasteiger partial charge in [-0.1, -0.05) is 12.1 Å². The van der Waals surface area contributed by atoms with Crippen LogP contribution in [-0.4, -0.2) is 41.5 Å². The molecule has 5 nitrogen and oxygen atoms in total. The van der Waals surface area contributed by atoms with Crippen LogP contribution in [0.15, 0.2) is 24.3 Å². The fraction of sp³-hybridized carbons (Fsp3) is 0.429. The summed E-state index contributed by atoms with van der Waals surface area (Å²) in [6.45, 7) is 4.82. The highest BCUT2D eigenvalue weighted by Gasteiger charge is 2.15. The lowest BCUT2D eigenvalue weighted by Crippen LogP contribution is -2.41. The van der Waals surface area contributed by atoms with E-state index in [0.29, 0.717) is 13.1 Å². The van der Waals surface area contributed by atoms with Gasteiger partial charge in [0.2, 0.25) is 11.8 Å². The Bertz CT molecular complexity index is 429. The SMILES string of the molecule is CCNC(=O)CN(CC)C(=O)Cc1ccc(O)cc1. The zero-order valence-corrected chi connectivity index (χ0v) is 11.3. The average Bonchev–Trinajstić information content (AvgIpc) is 2.39. The standard InChI is InChI=1S/C14H20N2O3/c1-3-15-13(18)10-16(4-2)14(19)9-11-5-7-12(17)8-6-11/h5-8,17H,3-4,9-10H2,1-2H3,(H,15,18). The van der Waals surface area contributed by atoms with Gasteiger partial charge in [0.1, 0.15) is 5.75 Å². The smallest absolute Gasteiger partial charge is 0.239 e. The van der Waals surface area contributed by atoms with Crippen LogP contribution in [-0.2, 0) is 16.0 Å². The van der Waals surface area contributed by atoms with Crippen LogP contribution in [0.5, 0.6) is 5.75 Å². The van der Waals surface area contributed by atoms with Crippen molar-refractivity contribution in [1.82, 2.24) is 10.2 Å². The maximum absolute atomic E-state index is 12.1. The number of likely N-dealkylation sites (N-methyl/N-ethyl adjacent to an activating group) is 2. The third-order valence-electron chi connectivity index (χ3n) is 2.73. The molecule has 0 saturated carbocycles. The van der Waals surface area contributed by atoms with Gasteiger partial charge in [-0.25, -0.2) is 0 Å². The van der Waals surface area contributed by atoms with Crippen molar-refractivity contribution in [2.45, 2.75) is 20.3 Å². The highest BCUT2D eigenvalue weighted by Crippen LogP contribution is 2.10. The molecule has 1 rings (SSSR count). The predicted molar refractivity (Wildman–Crippen MR) is 72.7 cm³/mol. The summed E-state index contributed by atoms with van der Waals surface area (Å²) in [6, 6.07) is 6.49. The van der Waals surface area contributed by atoms with Crippen LogP contribution in [0.4, 0.5) is 0 Å². The number of rotatable bonds is 6. The number of phenolic OH excluding ortho intramolecular Hbond substituents is 1. The number of nitrogens with one attached hydrogen (secondary N) is 1. The van der Waals surface area contributed by atoms with Crippen molar-refractivity contribution in [2.24, 2.45) is 0 Å². The number of amides is 2. The van der Waals surface area contributed by atoms with Gasteiger partial charge >= 0.3 is 0 Å². The molecule has 0 aromatic heterocycles. The Balaban J connectivity index is 2.58. The molecule has 0 atom stereocenters. The Labute approximate surface area is 113 Å². The maximum Gasteiger partial charge on any atom is 0.239 e. The lowest BCUT2D eigenvalue weighted by atomic mass is 10.1. The molecule has 2 amide bonds. The van der Waals surface area contributed by atoms with Crippen molar-refractivity contribution in [3.63, 3.8) is 0 Å². The summed E-state index contributed by atoms with van der Waals surface area (Å²) in [5.41, 5.74) is 0.817. The predicted octanol–water partition coefficient (Wildman–Crippen LogP) is 0.919. The van der Waals surface area contributed by atoms with Crippen molar-refractivity contribution in [2.75, 3.05) is 19.6 Å². The first kappa shape index (κ1) is 15.0. The summed E-state index contributed by atoms with van der Waals surface area (Å²) in [6.07, 6.45) is 0.230. The van der Waals surface area contributed by atoms with Gasteiger partial charge in [-0.15, -0.1) is 0 Å². The van der Waals surface area contributed by atoms with E-state index in [1.54, 1.807) is 24.3 Å². The number of benzene rings is 1. The van der Waals surface area contributed by atoms with Gasteiger partial charge in [-0.3, -0.25) is 9.59 Å². The van der Waals surface area contributed by atoms with Crippen LogP contribution in [0.25, 0.3) is 0 Å². The van der Waals surface area contributed by atoms with Crippen LogP contribution >= 0.6 is 0 Å². The fourth-order valence-electron chi connectivity index (χ4n) is 1.70. The zero-order valence-electron chi connectivity index (χ0n) is 11.3. The first-order valence-electron chi connectivity index (χ1n) is 6.39. The molecule has 0 aliphatic heterocycles. The molecular weight excluding hydrogens is 244 g/mol.